The van der Waals surface area contributed by atoms with E-state index in [1.165, 1.54) is 0 Å². The lowest BCUT2D eigenvalue weighted by Crippen LogP contribution is -2.50. The van der Waals surface area contributed by atoms with Gasteiger partial charge in [-0.25, -0.2) is 0 Å². The van der Waals surface area contributed by atoms with Gasteiger partial charge in [0.1, 0.15) is 0 Å². The Kier molecular flexibility index (Phi) is 5.22. The van der Waals surface area contributed by atoms with Crippen LogP contribution >= 0.6 is 0 Å². The maximum atomic E-state index is 12.0. The van der Waals surface area contributed by atoms with Gasteiger partial charge in [-0.05, 0) is 31.1 Å². The Morgan fingerprint density at radius 1 is 1.56 bits per heavy atom. The standard InChI is InChI=1S/C12H24N2O2/c1-9(2)11(13)12(16)14-6-3-4-10(8-14)5-7-15/h9-11,15H,3-8,13H2,1-2H3. The molecular formula is C12H24N2O2. The largest absolute Gasteiger partial charge is 0.396 e. The number of carbonyl (C=O) groups excluding carboxylic acids is 1. The summed E-state index contributed by atoms with van der Waals surface area (Å²) in [4.78, 5) is 13.9. The zero-order chi connectivity index (χ0) is 12.1. The molecule has 0 aromatic rings. The van der Waals surface area contributed by atoms with Crippen LogP contribution in [-0.4, -0.2) is 41.7 Å². The van der Waals surface area contributed by atoms with Gasteiger partial charge in [-0.15, -0.1) is 0 Å². The minimum Gasteiger partial charge on any atom is -0.396 e. The molecule has 1 rings (SSSR count). The van der Waals surface area contributed by atoms with Gasteiger partial charge in [0, 0.05) is 19.7 Å². The lowest BCUT2D eigenvalue weighted by atomic mass is 9.94. The molecule has 0 aromatic heterocycles. The summed E-state index contributed by atoms with van der Waals surface area (Å²) < 4.78 is 0. The first-order valence-corrected chi connectivity index (χ1v) is 6.21. The lowest BCUT2D eigenvalue weighted by molar-refractivity contribution is -0.135. The summed E-state index contributed by atoms with van der Waals surface area (Å²) in [6, 6.07) is -0.382. The van der Waals surface area contributed by atoms with Crippen LogP contribution in [0.2, 0.25) is 0 Å². The highest BCUT2D eigenvalue weighted by Crippen LogP contribution is 2.20. The second-order valence-electron chi connectivity index (χ2n) is 5.07. The summed E-state index contributed by atoms with van der Waals surface area (Å²) in [7, 11) is 0. The number of nitrogens with zero attached hydrogens (tertiary/aromatic N) is 1. The minimum atomic E-state index is -0.382. The summed E-state index contributed by atoms with van der Waals surface area (Å²) in [5.74, 6) is 0.699. The highest BCUT2D eigenvalue weighted by Gasteiger charge is 2.27. The molecule has 2 atom stereocenters. The Bertz CT molecular complexity index is 229. The van der Waals surface area contributed by atoms with E-state index in [2.05, 4.69) is 0 Å². The Morgan fingerprint density at radius 2 is 2.25 bits per heavy atom. The number of aliphatic hydroxyl groups is 1. The van der Waals surface area contributed by atoms with Gasteiger partial charge in [0.2, 0.25) is 5.91 Å². The van der Waals surface area contributed by atoms with E-state index in [4.69, 9.17) is 10.8 Å². The van der Waals surface area contributed by atoms with E-state index >= 15 is 0 Å². The molecule has 2 unspecified atom stereocenters. The van der Waals surface area contributed by atoms with Gasteiger partial charge in [-0.1, -0.05) is 13.8 Å². The molecule has 1 aliphatic rings. The van der Waals surface area contributed by atoms with Crippen molar-refractivity contribution in [3.63, 3.8) is 0 Å². The molecule has 1 aliphatic heterocycles. The molecule has 0 bridgehead atoms. The van der Waals surface area contributed by atoms with Gasteiger partial charge in [0.25, 0.3) is 0 Å². The Balaban J connectivity index is 2.49. The summed E-state index contributed by atoms with van der Waals surface area (Å²) in [6.45, 7) is 5.74. The molecular weight excluding hydrogens is 204 g/mol. The molecule has 4 heteroatoms. The van der Waals surface area contributed by atoms with Gasteiger partial charge in [0.05, 0.1) is 6.04 Å². The van der Waals surface area contributed by atoms with Gasteiger partial charge in [-0.2, -0.15) is 0 Å². The number of rotatable bonds is 4. The van der Waals surface area contributed by atoms with Gasteiger partial charge >= 0.3 is 0 Å². The molecule has 0 aromatic carbocycles. The fourth-order valence-electron chi connectivity index (χ4n) is 2.18. The van der Waals surface area contributed by atoms with E-state index in [0.29, 0.717) is 5.92 Å². The number of likely N-dealkylation sites (tertiary alicyclic amines) is 1. The normalized spacial score (nSPS) is 23.6. The first-order valence-electron chi connectivity index (χ1n) is 6.21. The van der Waals surface area contributed by atoms with Crippen LogP contribution in [0.15, 0.2) is 0 Å². The van der Waals surface area contributed by atoms with Crippen LogP contribution in [0.1, 0.15) is 33.1 Å². The van der Waals surface area contributed by atoms with Crippen LogP contribution in [-0.2, 0) is 4.79 Å². The third kappa shape index (κ3) is 3.46. The van der Waals surface area contributed by atoms with Crippen LogP contribution in [0.3, 0.4) is 0 Å². The quantitative estimate of drug-likeness (QED) is 0.740. The smallest absolute Gasteiger partial charge is 0.239 e. The summed E-state index contributed by atoms with van der Waals surface area (Å²) >= 11 is 0. The average Bonchev–Trinajstić information content (AvgIpc) is 2.28. The van der Waals surface area contributed by atoms with E-state index < -0.39 is 0 Å². The van der Waals surface area contributed by atoms with E-state index in [1.807, 2.05) is 18.7 Å². The van der Waals surface area contributed by atoms with Crippen LogP contribution < -0.4 is 5.73 Å². The van der Waals surface area contributed by atoms with Crippen molar-refractivity contribution in [1.29, 1.82) is 0 Å². The predicted molar refractivity (Wildman–Crippen MR) is 63.8 cm³/mol. The third-order valence-electron chi connectivity index (χ3n) is 3.37. The monoisotopic (exact) mass is 228 g/mol. The number of amides is 1. The Morgan fingerprint density at radius 3 is 2.81 bits per heavy atom. The summed E-state index contributed by atoms with van der Waals surface area (Å²) in [5.41, 5.74) is 5.87. The molecule has 1 fully saturated rings. The zero-order valence-corrected chi connectivity index (χ0v) is 10.4. The maximum absolute atomic E-state index is 12.0. The van der Waals surface area contributed by atoms with E-state index in [-0.39, 0.29) is 24.5 Å². The molecule has 0 spiro atoms. The van der Waals surface area contributed by atoms with E-state index in [0.717, 1.165) is 32.4 Å². The SMILES string of the molecule is CC(C)C(N)C(=O)N1CCCC(CCO)C1. The second kappa shape index (κ2) is 6.21. The van der Waals surface area contributed by atoms with Crippen molar-refractivity contribution in [2.75, 3.05) is 19.7 Å². The van der Waals surface area contributed by atoms with Crippen LogP contribution in [0.5, 0.6) is 0 Å². The van der Waals surface area contributed by atoms with Crippen molar-refractivity contribution >= 4 is 5.91 Å². The first-order chi connectivity index (χ1) is 7.56. The topological polar surface area (TPSA) is 66.6 Å². The molecule has 0 radical (unpaired) electrons. The van der Waals surface area contributed by atoms with E-state index in [9.17, 15) is 4.79 Å². The fraction of sp³-hybridized carbons (Fsp3) is 0.917. The number of hydrogen-bond donors (Lipinski definition) is 2. The molecule has 3 N–H and O–H groups in total. The summed E-state index contributed by atoms with van der Waals surface area (Å²) in [6.07, 6.45) is 2.93. The van der Waals surface area contributed by atoms with Crippen molar-refractivity contribution in [3.8, 4) is 0 Å². The molecule has 94 valence electrons. The molecule has 4 nitrogen and oxygen atoms in total. The lowest BCUT2D eigenvalue weighted by Gasteiger charge is -2.34. The number of piperidine rings is 1. The van der Waals surface area contributed by atoms with Crippen LogP contribution in [0.25, 0.3) is 0 Å². The van der Waals surface area contributed by atoms with Crippen molar-refractivity contribution in [2.24, 2.45) is 17.6 Å². The number of nitrogens with two attached hydrogens (primary N) is 1. The van der Waals surface area contributed by atoms with Crippen molar-refractivity contribution in [1.82, 2.24) is 4.90 Å². The average molecular weight is 228 g/mol. The third-order valence-corrected chi connectivity index (χ3v) is 3.37. The van der Waals surface area contributed by atoms with Crippen molar-refractivity contribution in [3.05, 3.63) is 0 Å². The van der Waals surface area contributed by atoms with Crippen LogP contribution in [0, 0.1) is 11.8 Å². The van der Waals surface area contributed by atoms with Gasteiger partial charge in [0.15, 0.2) is 0 Å². The van der Waals surface area contributed by atoms with Gasteiger partial charge < -0.3 is 15.7 Å². The van der Waals surface area contributed by atoms with Crippen molar-refractivity contribution < 1.29 is 9.90 Å². The van der Waals surface area contributed by atoms with Gasteiger partial charge in [-0.3, -0.25) is 4.79 Å². The second-order valence-corrected chi connectivity index (χ2v) is 5.07. The first kappa shape index (κ1) is 13.5. The van der Waals surface area contributed by atoms with Crippen LogP contribution in [0.4, 0.5) is 0 Å². The molecule has 0 saturated carbocycles. The molecule has 1 saturated heterocycles. The number of hydrogen-bond acceptors (Lipinski definition) is 3. The maximum Gasteiger partial charge on any atom is 0.239 e. The molecule has 1 heterocycles. The molecule has 0 aliphatic carbocycles. The fourth-order valence-corrected chi connectivity index (χ4v) is 2.18. The number of carbonyl (C=O) groups is 1. The van der Waals surface area contributed by atoms with Crippen molar-refractivity contribution in [2.45, 2.75) is 39.2 Å². The minimum absolute atomic E-state index is 0.0673. The number of aliphatic hydroxyl groups excluding tert-OH is 1. The Hall–Kier alpha value is -0.610. The Labute approximate surface area is 97.8 Å². The highest BCUT2D eigenvalue weighted by molar-refractivity contribution is 5.82. The predicted octanol–water partition coefficient (Wildman–Crippen LogP) is 0.591. The highest BCUT2D eigenvalue weighted by atomic mass is 16.3. The molecule has 16 heavy (non-hydrogen) atoms. The molecule has 1 amide bonds. The summed E-state index contributed by atoms with van der Waals surface area (Å²) in [5, 5.41) is 8.91. The van der Waals surface area contributed by atoms with E-state index in [1.54, 1.807) is 0 Å². The zero-order valence-electron chi connectivity index (χ0n) is 10.4.